The normalized spacial score (nSPS) is 11.5. The molecule has 0 aliphatic carbocycles. The molecule has 0 rings (SSSR count). The van der Waals surface area contributed by atoms with Crippen LogP contribution < -0.4 is 0 Å². The number of ether oxygens (including phenoxy) is 1. The van der Waals surface area contributed by atoms with E-state index in [0.717, 1.165) is 24.9 Å². The molecule has 0 aromatic carbocycles. The van der Waals surface area contributed by atoms with Gasteiger partial charge >= 0.3 is 14.5 Å². The lowest BCUT2D eigenvalue weighted by Gasteiger charge is -2.25. The minimum Gasteiger partial charge on any atom is -0.462 e. The Kier molecular flexibility index (Phi) is 14.3. The van der Waals surface area contributed by atoms with Gasteiger partial charge in [0.25, 0.3) is 0 Å². The molecule has 0 saturated heterocycles. The van der Waals surface area contributed by atoms with E-state index in [9.17, 15) is 4.79 Å². The van der Waals surface area contributed by atoms with E-state index in [1.54, 1.807) is 21.1 Å². The second-order valence-electron chi connectivity index (χ2n) is 6.52. The SMILES string of the molecule is C=C(C)C(=O)OCCCCCCCCCCC[Si](CC)(OC)OC. The second-order valence-corrected chi connectivity index (χ2v) is 10.4. The summed E-state index contributed by atoms with van der Waals surface area (Å²) in [5.41, 5.74) is 0.477. The third-order valence-corrected chi connectivity index (χ3v) is 8.25. The maximum absolute atomic E-state index is 11.2. The van der Waals surface area contributed by atoms with Crippen LogP contribution in [0.25, 0.3) is 0 Å². The van der Waals surface area contributed by atoms with E-state index >= 15 is 0 Å². The highest BCUT2D eigenvalue weighted by Crippen LogP contribution is 2.21. The highest BCUT2D eigenvalue weighted by atomic mass is 28.4. The first kappa shape index (κ1) is 23.3. The number of esters is 1. The first-order chi connectivity index (χ1) is 11.5. The molecule has 0 saturated carbocycles. The van der Waals surface area contributed by atoms with Crippen LogP contribution in [0.5, 0.6) is 0 Å². The zero-order valence-corrected chi connectivity index (χ0v) is 17.3. The summed E-state index contributed by atoms with van der Waals surface area (Å²) >= 11 is 0. The lowest BCUT2D eigenvalue weighted by atomic mass is 10.1. The highest BCUT2D eigenvalue weighted by molar-refractivity contribution is 6.67. The predicted octanol–water partition coefficient (Wildman–Crippen LogP) is 5.37. The fourth-order valence-corrected chi connectivity index (χ4v) is 5.07. The van der Waals surface area contributed by atoms with E-state index in [1.165, 1.54) is 44.9 Å². The third-order valence-electron chi connectivity index (χ3n) is 4.57. The topological polar surface area (TPSA) is 44.8 Å². The summed E-state index contributed by atoms with van der Waals surface area (Å²) in [5.74, 6) is -0.271. The minimum atomic E-state index is -1.87. The number of rotatable bonds is 16. The zero-order valence-electron chi connectivity index (χ0n) is 16.3. The Morgan fingerprint density at radius 2 is 1.33 bits per heavy atom. The summed E-state index contributed by atoms with van der Waals surface area (Å²) in [5, 5.41) is 0. The van der Waals surface area contributed by atoms with Crippen molar-refractivity contribution in [3.05, 3.63) is 12.2 Å². The Balaban J connectivity index is 3.37. The summed E-state index contributed by atoms with van der Waals surface area (Å²) in [7, 11) is 1.71. The van der Waals surface area contributed by atoms with Crippen molar-refractivity contribution in [3.8, 4) is 0 Å². The van der Waals surface area contributed by atoms with Crippen molar-refractivity contribution in [1.82, 2.24) is 0 Å². The number of unbranched alkanes of at least 4 members (excludes halogenated alkanes) is 8. The van der Waals surface area contributed by atoms with Gasteiger partial charge in [0.05, 0.1) is 6.61 Å². The van der Waals surface area contributed by atoms with Crippen molar-refractivity contribution >= 4 is 14.5 Å². The molecule has 0 heterocycles. The van der Waals surface area contributed by atoms with Crippen LogP contribution in [0, 0.1) is 0 Å². The highest BCUT2D eigenvalue weighted by Gasteiger charge is 2.32. The maximum atomic E-state index is 11.2. The second kappa shape index (κ2) is 14.7. The molecule has 0 aromatic heterocycles. The summed E-state index contributed by atoms with van der Waals surface area (Å²) < 4.78 is 16.3. The lowest BCUT2D eigenvalue weighted by molar-refractivity contribution is -0.139. The molecule has 0 aliphatic heterocycles. The Labute approximate surface area is 150 Å². The van der Waals surface area contributed by atoms with Crippen molar-refractivity contribution in [1.29, 1.82) is 0 Å². The van der Waals surface area contributed by atoms with Crippen LogP contribution in [0.15, 0.2) is 12.2 Å². The summed E-state index contributed by atoms with van der Waals surface area (Å²) in [6.45, 7) is 7.93. The van der Waals surface area contributed by atoms with Gasteiger partial charge in [-0.1, -0.05) is 64.9 Å². The van der Waals surface area contributed by atoms with E-state index in [4.69, 9.17) is 13.6 Å². The Hall–Kier alpha value is -0.653. The Morgan fingerprint density at radius 3 is 1.75 bits per heavy atom. The monoisotopic (exact) mass is 358 g/mol. The number of hydrogen-bond donors (Lipinski definition) is 0. The van der Waals surface area contributed by atoms with Gasteiger partial charge in [-0.05, 0) is 25.4 Å². The van der Waals surface area contributed by atoms with Gasteiger partial charge < -0.3 is 13.6 Å². The summed E-state index contributed by atoms with van der Waals surface area (Å²) in [4.78, 5) is 11.2. The average molecular weight is 359 g/mol. The fraction of sp³-hybridized carbons (Fsp3) is 0.842. The van der Waals surface area contributed by atoms with Crippen molar-refractivity contribution in [3.63, 3.8) is 0 Å². The van der Waals surface area contributed by atoms with Crippen LogP contribution in [0.2, 0.25) is 12.1 Å². The van der Waals surface area contributed by atoms with Crippen molar-refractivity contribution in [2.75, 3.05) is 20.8 Å². The Bertz CT molecular complexity index is 332. The molecule has 0 amide bonds. The molecule has 142 valence electrons. The zero-order chi connectivity index (χ0) is 18.3. The fourth-order valence-electron chi connectivity index (χ4n) is 2.77. The van der Waals surface area contributed by atoms with Gasteiger partial charge in [0.2, 0.25) is 0 Å². The molecule has 0 aliphatic rings. The van der Waals surface area contributed by atoms with Gasteiger partial charge in [-0.15, -0.1) is 0 Å². The Morgan fingerprint density at radius 1 is 0.875 bits per heavy atom. The molecule has 0 atom stereocenters. The molecule has 0 N–H and O–H groups in total. The van der Waals surface area contributed by atoms with E-state index in [-0.39, 0.29) is 5.97 Å². The van der Waals surface area contributed by atoms with Gasteiger partial charge in [-0.25, -0.2) is 4.79 Å². The molecule has 0 bridgehead atoms. The molecule has 5 heteroatoms. The van der Waals surface area contributed by atoms with E-state index in [1.807, 2.05) is 0 Å². The van der Waals surface area contributed by atoms with Crippen molar-refractivity contribution in [2.45, 2.75) is 83.7 Å². The standard InChI is InChI=1S/C19H38O4Si/c1-6-24(21-4,22-5)17-15-13-11-9-7-8-10-12-14-16-23-19(20)18(2)3/h2,6-17H2,1,3-5H3. The minimum absolute atomic E-state index is 0.271. The summed E-state index contributed by atoms with van der Waals surface area (Å²) in [6, 6.07) is 2.14. The smallest absolute Gasteiger partial charge is 0.337 e. The van der Waals surface area contributed by atoms with Crippen LogP contribution in [0.1, 0.15) is 71.6 Å². The quantitative estimate of drug-likeness (QED) is 0.161. The molecule has 0 radical (unpaired) electrons. The van der Waals surface area contributed by atoms with Gasteiger partial charge in [0.1, 0.15) is 0 Å². The molecule has 0 aromatic rings. The van der Waals surface area contributed by atoms with E-state index < -0.39 is 8.56 Å². The van der Waals surface area contributed by atoms with Crippen LogP contribution in [-0.4, -0.2) is 35.4 Å². The average Bonchev–Trinajstić information content (AvgIpc) is 2.59. The number of carbonyl (C=O) groups is 1. The molecule has 24 heavy (non-hydrogen) atoms. The van der Waals surface area contributed by atoms with Gasteiger partial charge in [-0.3, -0.25) is 0 Å². The van der Waals surface area contributed by atoms with Crippen molar-refractivity contribution < 1.29 is 18.4 Å². The molecule has 0 spiro atoms. The van der Waals surface area contributed by atoms with Crippen LogP contribution >= 0.6 is 0 Å². The van der Waals surface area contributed by atoms with Crippen LogP contribution in [0.4, 0.5) is 0 Å². The predicted molar refractivity (Wildman–Crippen MR) is 102 cm³/mol. The first-order valence-electron chi connectivity index (χ1n) is 9.44. The summed E-state index contributed by atoms with van der Waals surface area (Å²) in [6.07, 6.45) is 11.0. The molecule has 0 fully saturated rings. The third kappa shape index (κ3) is 11.0. The van der Waals surface area contributed by atoms with Crippen LogP contribution in [-0.2, 0) is 18.4 Å². The molecule has 4 nitrogen and oxygen atoms in total. The van der Waals surface area contributed by atoms with Crippen molar-refractivity contribution in [2.24, 2.45) is 0 Å². The number of carbonyl (C=O) groups excluding carboxylic acids is 1. The maximum Gasteiger partial charge on any atom is 0.337 e. The van der Waals surface area contributed by atoms with E-state index in [0.29, 0.717) is 12.2 Å². The van der Waals surface area contributed by atoms with Crippen LogP contribution in [0.3, 0.4) is 0 Å². The van der Waals surface area contributed by atoms with E-state index in [2.05, 4.69) is 13.5 Å². The lowest BCUT2D eigenvalue weighted by Crippen LogP contribution is -2.38. The molecule has 0 unspecified atom stereocenters. The molecular formula is C19H38O4Si. The largest absolute Gasteiger partial charge is 0.462 e. The van der Waals surface area contributed by atoms with Gasteiger partial charge in [-0.2, -0.15) is 0 Å². The van der Waals surface area contributed by atoms with Gasteiger partial charge in [0, 0.05) is 19.8 Å². The van der Waals surface area contributed by atoms with Gasteiger partial charge in [0.15, 0.2) is 0 Å². The molecular weight excluding hydrogens is 320 g/mol. The number of hydrogen-bond acceptors (Lipinski definition) is 4. The first-order valence-corrected chi connectivity index (χ1v) is 11.7.